The molecule has 0 fully saturated rings. The maximum atomic E-state index is 13.4. The van der Waals surface area contributed by atoms with Gasteiger partial charge in [-0.15, -0.1) is 0 Å². The van der Waals surface area contributed by atoms with Gasteiger partial charge in [0.25, 0.3) is 0 Å². The minimum atomic E-state index is -4.44. The highest BCUT2D eigenvalue weighted by molar-refractivity contribution is 9.10. The van der Waals surface area contributed by atoms with Crippen LogP contribution in [-0.2, 0) is 6.18 Å². The van der Waals surface area contributed by atoms with E-state index in [-0.39, 0.29) is 18.8 Å². The molecule has 0 unspecified atom stereocenters. The Hall–Kier alpha value is -4.79. The summed E-state index contributed by atoms with van der Waals surface area (Å²) < 4.78 is 45.0. The van der Waals surface area contributed by atoms with Gasteiger partial charge in [0, 0.05) is 55.6 Å². The van der Waals surface area contributed by atoms with Crippen molar-refractivity contribution in [3.8, 4) is 11.1 Å². The number of aliphatic hydroxyl groups is 2. The fourth-order valence-corrected chi connectivity index (χ4v) is 5.60. The minimum absolute atomic E-state index is 0.0453. The Labute approximate surface area is 275 Å². The summed E-state index contributed by atoms with van der Waals surface area (Å²) in [5.74, 6) is 1.26. The second-order valence-electron chi connectivity index (χ2n) is 10.6. The molecule has 14 heteroatoms. The van der Waals surface area contributed by atoms with Crippen molar-refractivity contribution >= 4 is 60.9 Å². The zero-order valence-electron chi connectivity index (χ0n) is 24.9. The van der Waals surface area contributed by atoms with Crippen LogP contribution in [0.15, 0.2) is 89.9 Å². The minimum Gasteiger partial charge on any atom is -0.396 e. The molecule has 0 spiro atoms. The van der Waals surface area contributed by atoms with Gasteiger partial charge >= 0.3 is 6.18 Å². The van der Waals surface area contributed by atoms with E-state index in [1.807, 2.05) is 33.2 Å². The molecule has 0 atom stereocenters. The van der Waals surface area contributed by atoms with Crippen LogP contribution in [0, 0.1) is 0 Å². The highest BCUT2D eigenvalue weighted by Crippen LogP contribution is 2.38. The van der Waals surface area contributed by atoms with Crippen LogP contribution in [0.25, 0.3) is 44.5 Å². The molecule has 4 heterocycles. The fraction of sp³-hybridized carbons (Fsp3) is 0.212. The van der Waals surface area contributed by atoms with E-state index in [4.69, 9.17) is 10.2 Å². The number of aromatic nitrogens is 6. The lowest BCUT2D eigenvalue weighted by atomic mass is 9.99. The van der Waals surface area contributed by atoms with Gasteiger partial charge in [0.2, 0.25) is 0 Å². The van der Waals surface area contributed by atoms with E-state index < -0.39 is 11.7 Å². The standard InChI is InChI=1S/C20H17F3N4O.C13H13BrN4O/c21-20(22,23)15-5-2-1-4-14(15)13-6-7-17-16(12-13)26-18(24-8-3-11-28)19-25-9-10-27(17)19;14-9-2-3-11-10(8-9)17-12(15-4-1-7-19)13-16-5-6-18(11)13/h1-2,4-7,9-10,12,28H,3,8,11H2,(H,24,26);2-3,5-6,8,19H,1,4,7H2,(H,15,17). The van der Waals surface area contributed by atoms with Crippen molar-refractivity contribution in [3.63, 3.8) is 0 Å². The second kappa shape index (κ2) is 13.9. The van der Waals surface area contributed by atoms with Crippen LogP contribution in [0.5, 0.6) is 0 Å². The zero-order chi connectivity index (χ0) is 33.0. The molecule has 0 aliphatic rings. The van der Waals surface area contributed by atoms with E-state index in [2.05, 4.69) is 46.5 Å². The van der Waals surface area contributed by atoms with E-state index in [9.17, 15) is 13.2 Å². The van der Waals surface area contributed by atoms with Gasteiger partial charge in [0.05, 0.1) is 27.6 Å². The number of imidazole rings is 2. The normalized spacial score (nSPS) is 11.7. The monoisotopic (exact) mass is 706 g/mol. The largest absolute Gasteiger partial charge is 0.417 e. The summed E-state index contributed by atoms with van der Waals surface area (Å²) >= 11 is 3.46. The molecule has 3 aromatic carbocycles. The predicted molar refractivity (Wildman–Crippen MR) is 180 cm³/mol. The molecule has 0 aliphatic heterocycles. The molecule has 0 amide bonds. The summed E-state index contributed by atoms with van der Waals surface area (Å²) in [6.07, 6.45) is 3.89. The summed E-state index contributed by atoms with van der Waals surface area (Å²) in [6.45, 7) is 1.39. The lowest BCUT2D eigenvalue weighted by Gasteiger charge is -2.14. The van der Waals surface area contributed by atoms with Crippen molar-refractivity contribution in [3.05, 3.63) is 95.5 Å². The topological polar surface area (TPSA) is 125 Å². The van der Waals surface area contributed by atoms with E-state index in [0.717, 1.165) is 38.6 Å². The van der Waals surface area contributed by atoms with E-state index in [1.165, 1.54) is 12.1 Å². The molecule has 4 N–H and O–H groups in total. The zero-order valence-corrected chi connectivity index (χ0v) is 26.5. The molecule has 0 bridgehead atoms. The molecule has 242 valence electrons. The number of aliphatic hydroxyl groups excluding tert-OH is 2. The average molecular weight is 708 g/mol. The number of benzene rings is 3. The van der Waals surface area contributed by atoms with Gasteiger partial charge in [-0.25, -0.2) is 19.9 Å². The van der Waals surface area contributed by atoms with Crippen molar-refractivity contribution < 1.29 is 23.4 Å². The molecule has 0 aliphatic carbocycles. The van der Waals surface area contributed by atoms with Crippen molar-refractivity contribution in [2.24, 2.45) is 0 Å². The van der Waals surface area contributed by atoms with Crippen LogP contribution < -0.4 is 10.6 Å². The Morgan fingerprint density at radius 3 is 1.85 bits per heavy atom. The summed E-state index contributed by atoms with van der Waals surface area (Å²) in [7, 11) is 0. The third kappa shape index (κ3) is 6.84. The number of anilines is 2. The van der Waals surface area contributed by atoms with Crippen molar-refractivity contribution in [2.45, 2.75) is 19.0 Å². The van der Waals surface area contributed by atoms with Crippen LogP contribution in [0.2, 0.25) is 0 Å². The van der Waals surface area contributed by atoms with Crippen molar-refractivity contribution in [1.29, 1.82) is 0 Å². The van der Waals surface area contributed by atoms with E-state index >= 15 is 0 Å². The smallest absolute Gasteiger partial charge is 0.396 e. The Morgan fingerprint density at radius 2 is 1.28 bits per heavy atom. The summed E-state index contributed by atoms with van der Waals surface area (Å²) in [4.78, 5) is 17.8. The number of halogens is 4. The van der Waals surface area contributed by atoms with Crippen molar-refractivity contribution in [2.75, 3.05) is 36.9 Å². The Bertz CT molecular complexity index is 2170. The average Bonchev–Trinajstić information content (AvgIpc) is 3.76. The highest BCUT2D eigenvalue weighted by atomic mass is 79.9. The van der Waals surface area contributed by atoms with Crippen LogP contribution in [0.4, 0.5) is 24.8 Å². The maximum absolute atomic E-state index is 13.4. The van der Waals surface area contributed by atoms with Crippen molar-refractivity contribution in [1.82, 2.24) is 28.7 Å². The van der Waals surface area contributed by atoms with Crippen LogP contribution in [-0.4, -0.2) is 65.3 Å². The van der Waals surface area contributed by atoms with Gasteiger partial charge in [-0.2, -0.15) is 13.2 Å². The Kier molecular flexibility index (Phi) is 9.52. The fourth-order valence-electron chi connectivity index (χ4n) is 5.25. The SMILES string of the molecule is OCCCNc1nc2cc(-c3ccccc3C(F)(F)F)ccc2n2ccnc12.OCCCNc1nc2cc(Br)ccc2n2ccnc12. The molecule has 4 aromatic heterocycles. The summed E-state index contributed by atoms with van der Waals surface area (Å²) in [6, 6.07) is 16.5. The quantitative estimate of drug-likeness (QED) is 0.121. The first-order valence-electron chi connectivity index (χ1n) is 14.8. The molecule has 0 radical (unpaired) electrons. The maximum Gasteiger partial charge on any atom is 0.417 e. The number of nitrogens with one attached hydrogen (secondary N) is 2. The highest BCUT2D eigenvalue weighted by Gasteiger charge is 2.33. The van der Waals surface area contributed by atoms with Gasteiger partial charge in [0.15, 0.2) is 22.9 Å². The number of nitrogens with zero attached hydrogens (tertiary/aromatic N) is 6. The number of hydrogen-bond acceptors (Lipinski definition) is 8. The Morgan fingerprint density at radius 1 is 0.723 bits per heavy atom. The van der Waals surface area contributed by atoms with Gasteiger partial charge in [-0.05, 0) is 60.4 Å². The molecule has 7 rings (SSSR count). The molecule has 47 heavy (non-hydrogen) atoms. The molecular formula is C33H30BrF3N8O2. The van der Waals surface area contributed by atoms with Crippen LogP contribution >= 0.6 is 15.9 Å². The Balaban J connectivity index is 0.000000177. The number of fused-ring (bicyclic) bond motifs is 6. The van der Waals surface area contributed by atoms with Gasteiger partial charge in [0.1, 0.15) is 0 Å². The van der Waals surface area contributed by atoms with Gasteiger partial charge in [-0.3, -0.25) is 8.80 Å². The first-order chi connectivity index (χ1) is 22.8. The third-order valence-electron chi connectivity index (χ3n) is 7.40. The third-order valence-corrected chi connectivity index (χ3v) is 7.89. The molecule has 0 saturated heterocycles. The van der Waals surface area contributed by atoms with Crippen LogP contribution in [0.3, 0.4) is 0 Å². The van der Waals surface area contributed by atoms with Gasteiger partial charge < -0.3 is 20.8 Å². The molecular weight excluding hydrogens is 677 g/mol. The predicted octanol–water partition coefficient (Wildman–Crippen LogP) is 6.80. The molecule has 0 saturated carbocycles. The van der Waals surface area contributed by atoms with E-state index in [1.54, 1.807) is 42.9 Å². The number of alkyl halides is 3. The lowest BCUT2D eigenvalue weighted by molar-refractivity contribution is -0.137. The number of rotatable bonds is 9. The number of hydrogen-bond donors (Lipinski definition) is 4. The molecule has 7 aromatic rings. The second-order valence-corrected chi connectivity index (χ2v) is 11.5. The summed E-state index contributed by atoms with van der Waals surface area (Å²) in [5.41, 5.74) is 4.49. The first-order valence-corrected chi connectivity index (χ1v) is 15.6. The molecule has 10 nitrogen and oxygen atoms in total. The first kappa shape index (κ1) is 32.2. The van der Waals surface area contributed by atoms with Gasteiger partial charge in [-0.1, -0.05) is 40.2 Å². The van der Waals surface area contributed by atoms with Crippen LogP contribution in [0.1, 0.15) is 18.4 Å². The lowest BCUT2D eigenvalue weighted by Crippen LogP contribution is -2.08. The van der Waals surface area contributed by atoms with E-state index in [0.29, 0.717) is 48.5 Å². The summed E-state index contributed by atoms with van der Waals surface area (Å²) in [5, 5.41) is 24.2.